The number of hydrogen-bond donors (Lipinski definition) is 4. The highest BCUT2D eigenvalue weighted by atomic mass is 35.5. The quantitative estimate of drug-likeness (QED) is 0.141. The van der Waals surface area contributed by atoms with Crippen LogP contribution in [0.15, 0.2) is 56.6 Å². The zero-order valence-electron chi connectivity index (χ0n) is 21.1. The van der Waals surface area contributed by atoms with Gasteiger partial charge in [0.05, 0.1) is 53.7 Å². The number of fused-ring (bicyclic) bond motifs is 2. The van der Waals surface area contributed by atoms with E-state index in [2.05, 4.69) is 33.1 Å². The van der Waals surface area contributed by atoms with E-state index in [-0.39, 0.29) is 66.1 Å². The van der Waals surface area contributed by atoms with Gasteiger partial charge in [0.2, 0.25) is 0 Å². The molecule has 0 radical (unpaired) electrons. The lowest BCUT2D eigenvalue weighted by Gasteiger charge is -2.23. The average Bonchev–Trinajstić information content (AvgIpc) is 2.88. The molecule has 0 amide bonds. The van der Waals surface area contributed by atoms with E-state index >= 15 is 0 Å². The van der Waals surface area contributed by atoms with Crippen molar-refractivity contribution in [2.45, 2.75) is 24.7 Å². The molecule has 0 aliphatic rings. The summed E-state index contributed by atoms with van der Waals surface area (Å²) in [5, 5.41) is 0.111. The molecule has 4 N–H and O–H groups in total. The molecule has 4 rings (SSSR count). The number of halogens is 4. The van der Waals surface area contributed by atoms with Crippen molar-refractivity contribution in [2.24, 2.45) is 0 Å². The Morgan fingerprint density at radius 2 is 1.00 bits per heavy atom. The van der Waals surface area contributed by atoms with Crippen LogP contribution in [0.5, 0.6) is 0 Å². The van der Waals surface area contributed by atoms with Crippen LogP contribution in [0.3, 0.4) is 0 Å². The monoisotopic (exact) mass is 658 g/mol. The van der Waals surface area contributed by atoms with E-state index in [1.54, 1.807) is 0 Å². The van der Waals surface area contributed by atoms with Crippen molar-refractivity contribution < 1.29 is 8.42 Å². The molecular formula is C26H22Cl4N4O6S. The highest BCUT2D eigenvalue weighted by Gasteiger charge is 2.30. The Kier molecular flexibility index (Phi) is 9.05. The van der Waals surface area contributed by atoms with E-state index < -0.39 is 55.4 Å². The standard InChI is InChI=1S/C26H22Cl4N4O6S/c1-3-5-11(17-19(29)13(27)7-15-21(17)33-25(37)23(35)31-15)9-41(39,40)10-12(6-4-2)18-20(30)14(28)8-16-22(18)34-26(38)24(36)32-16/h3-4,7-8,11-12H,1-2,5-6,9-10H2,(H,31,35)(H,32,36)(H,33,37)(H,34,38). The van der Waals surface area contributed by atoms with Gasteiger partial charge in [-0.25, -0.2) is 8.42 Å². The van der Waals surface area contributed by atoms with Crippen molar-refractivity contribution in [3.63, 3.8) is 0 Å². The molecule has 15 heteroatoms. The van der Waals surface area contributed by atoms with Crippen LogP contribution >= 0.6 is 46.4 Å². The average molecular weight is 660 g/mol. The molecule has 0 spiro atoms. The van der Waals surface area contributed by atoms with Gasteiger partial charge in [0, 0.05) is 23.0 Å². The van der Waals surface area contributed by atoms with E-state index in [9.17, 15) is 27.6 Å². The van der Waals surface area contributed by atoms with E-state index in [4.69, 9.17) is 46.4 Å². The molecule has 0 saturated heterocycles. The zero-order valence-corrected chi connectivity index (χ0v) is 24.9. The van der Waals surface area contributed by atoms with Crippen molar-refractivity contribution in [1.82, 2.24) is 19.9 Å². The fourth-order valence-corrected chi connectivity index (χ4v) is 7.84. The molecule has 2 heterocycles. The first kappa shape index (κ1) is 30.9. The molecule has 41 heavy (non-hydrogen) atoms. The lowest BCUT2D eigenvalue weighted by Crippen LogP contribution is -2.30. The number of H-pyrrole nitrogens is 4. The summed E-state index contributed by atoms with van der Waals surface area (Å²) in [5.41, 5.74) is -2.65. The first-order valence-corrected chi connectivity index (χ1v) is 15.3. The number of aromatic amines is 4. The number of rotatable bonds is 10. The number of aromatic nitrogens is 4. The highest BCUT2D eigenvalue weighted by molar-refractivity contribution is 7.91. The Morgan fingerprint density at radius 3 is 1.34 bits per heavy atom. The fraction of sp³-hybridized carbons (Fsp3) is 0.231. The molecule has 0 aliphatic carbocycles. The second kappa shape index (κ2) is 12.0. The van der Waals surface area contributed by atoms with Crippen LogP contribution in [-0.2, 0) is 9.84 Å². The van der Waals surface area contributed by atoms with Gasteiger partial charge >= 0.3 is 22.2 Å². The second-order valence-corrected chi connectivity index (χ2v) is 13.1. The predicted octanol–water partition coefficient (Wildman–Crippen LogP) is 4.79. The molecule has 0 bridgehead atoms. The number of allylic oxidation sites excluding steroid dienone is 2. The Hall–Kier alpha value is -3.09. The Labute approximate surface area is 251 Å². The molecular weight excluding hydrogens is 638 g/mol. The van der Waals surface area contributed by atoms with Crippen LogP contribution in [0.4, 0.5) is 0 Å². The first-order chi connectivity index (χ1) is 19.3. The van der Waals surface area contributed by atoms with Crippen molar-refractivity contribution in [1.29, 1.82) is 0 Å². The Balaban J connectivity index is 1.84. The van der Waals surface area contributed by atoms with Crippen molar-refractivity contribution in [2.75, 3.05) is 11.5 Å². The summed E-state index contributed by atoms with van der Waals surface area (Å²) >= 11 is 25.7. The van der Waals surface area contributed by atoms with E-state index in [1.807, 2.05) is 0 Å². The largest absolute Gasteiger partial charge is 0.316 e. The SMILES string of the molecule is C=CCC(CS(=O)(=O)CC(CC=C)c1c(Cl)c(Cl)cc2[nH]c(=O)c(=O)[nH]c12)c1c(Cl)c(Cl)cc2[nH]c(=O)c(=O)[nH]c12. The smallest absolute Gasteiger partial charge is 0.314 e. The summed E-state index contributed by atoms with van der Waals surface area (Å²) in [6, 6.07) is 2.72. The predicted molar refractivity (Wildman–Crippen MR) is 164 cm³/mol. The maximum atomic E-state index is 13.8. The van der Waals surface area contributed by atoms with Crippen LogP contribution in [0, 0.1) is 0 Å². The topological polar surface area (TPSA) is 166 Å². The minimum absolute atomic E-state index is 0.0111. The van der Waals surface area contributed by atoms with Gasteiger partial charge in [-0.2, -0.15) is 0 Å². The summed E-state index contributed by atoms with van der Waals surface area (Å²) in [7, 11) is -3.98. The van der Waals surface area contributed by atoms with Gasteiger partial charge in [-0.15, -0.1) is 13.2 Å². The second-order valence-electron chi connectivity index (χ2n) is 9.35. The molecule has 2 unspecified atom stereocenters. The number of nitrogens with one attached hydrogen (secondary N) is 4. The van der Waals surface area contributed by atoms with Crippen LogP contribution in [0.1, 0.15) is 35.8 Å². The van der Waals surface area contributed by atoms with Gasteiger partial charge in [0.1, 0.15) is 0 Å². The maximum absolute atomic E-state index is 13.8. The van der Waals surface area contributed by atoms with Gasteiger partial charge < -0.3 is 19.9 Å². The van der Waals surface area contributed by atoms with Gasteiger partial charge in [0.15, 0.2) is 9.84 Å². The third-order valence-corrected chi connectivity index (χ3v) is 9.95. The van der Waals surface area contributed by atoms with Crippen LogP contribution in [-0.4, -0.2) is 39.9 Å². The lowest BCUT2D eigenvalue weighted by molar-refractivity contribution is 0.580. The van der Waals surface area contributed by atoms with Crippen LogP contribution < -0.4 is 22.2 Å². The van der Waals surface area contributed by atoms with Crippen molar-refractivity contribution in [3.05, 3.63) is 110 Å². The van der Waals surface area contributed by atoms with Gasteiger partial charge in [-0.1, -0.05) is 58.6 Å². The Bertz CT molecular complexity index is 1920. The number of benzene rings is 2. The Morgan fingerprint density at radius 1 is 0.659 bits per heavy atom. The summed E-state index contributed by atoms with van der Waals surface area (Å²) in [6.45, 7) is 7.44. The van der Waals surface area contributed by atoms with E-state index in [0.29, 0.717) is 0 Å². The molecule has 0 aliphatic heterocycles. The highest BCUT2D eigenvalue weighted by Crippen LogP contribution is 2.40. The number of sulfone groups is 1. The van der Waals surface area contributed by atoms with Crippen LogP contribution in [0.2, 0.25) is 20.1 Å². The molecule has 216 valence electrons. The molecule has 10 nitrogen and oxygen atoms in total. The molecule has 2 aromatic heterocycles. The third kappa shape index (κ3) is 6.24. The summed E-state index contributed by atoms with van der Waals surface area (Å²) in [4.78, 5) is 57.9. The summed E-state index contributed by atoms with van der Waals surface area (Å²) in [5.74, 6) is -2.60. The minimum atomic E-state index is -3.98. The number of hydrogen-bond acceptors (Lipinski definition) is 6. The molecule has 2 aromatic carbocycles. The fourth-order valence-electron chi connectivity index (χ4n) is 4.85. The van der Waals surface area contributed by atoms with Crippen LogP contribution in [0.25, 0.3) is 22.1 Å². The van der Waals surface area contributed by atoms with Crippen molar-refractivity contribution >= 4 is 78.3 Å². The summed E-state index contributed by atoms with van der Waals surface area (Å²) in [6.07, 6.45) is 3.24. The molecule has 0 saturated carbocycles. The van der Waals surface area contributed by atoms with E-state index in [0.717, 1.165) is 0 Å². The zero-order chi connectivity index (χ0) is 30.2. The normalized spacial score (nSPS) is 13.4. The van der Waals surface area contributed by atoms with Gasteiger partial charge in [-0.3, -0.25) is 19.2 Å². The minimum Gasteiger partial charge on any atom is -0.316 e. The first-order valence-electron chi connectivity index (χ1n) is 12.0. The molecule has 2 atom stereocenters. The maximum Gasteiger partial charge on any atom is 0.314 e. The lowest BCUT2D eigenvalue weighted by atomic mass is 9.95. The molecule has 0 fully saturated rings. The van der Waals surface area contributed by atoms with Crippen molar-refractivity contribution in [3.8, 4) is 0 Å². The summed E-state index contributed by atoms with van der Waals surface area (Å²) < 4.78 is 27.5. The third-order valence-electron chi connectivity index (χ3n) is 6.53. The van der Waals surface area contributed by atoms with Gasteiger partial charge in [-0.05, 0) is 25.0 Å². The molecule has 4 aromatic rings. The van der Waals surface area contributed by atoms with E-state index in [1.165, 1.54) is 24.3 Å². The van der Waals surface area contributed by atoms with Gasteiger partial charge in [0.25, 0.3) is 0 Å².